The van der Waals surface area contributed by atoms with E-state index >= 15 is 0 Å². The van der Waals surface area contributed by atoms with E-state index in [1.165, 1.54) is 0 Å². The molecule has 0 aromatic carbocycles. The third-order valence-electron chi connectivity index (χ3n) is 5.25. The van der Waals surface area contributed by atoms with Gasteiger partial charge in [0.2, 0.25) is 0 Å². The summed E-state index contributed by atoms with van der Waals surface area (Å²) in [5.41, 5.74) is 0.483. The lowest BCUT2D eigenvalue weighted by atomic mass is 9.75. The highest BCUT2D eigenvalue weighted by atomic mass is 16.5. The first-order valence-electron chi connectivity index (χ1n) is 8.53. The van der Waals surface area contributed by atoms with Gasteiger partial charge in [-0.05, 0) is 25.7 Å². The number of piperidine rings is 1. The molecule has 2 fully saturated rings. The zero-order valence-electron chi connectivity index (χ0n) is 13.7. The zero-order valence-corrected chi connectivity index (χ0v) is 13.7. The summed E-state index contributed by atoms with van der Waals surface area (Å²) in [7, 11) is 0. The molecule has 2 saturated heterocycles. The molecule has 0 saturated carbocycles. The monoisotopic (exact) mass is 319 g/mol. The summed E-state index contributed by atoms with van der Waals surface area (Å²) in [4.78, 5) is 22.7. The van der Waals surface area contributed by atoms with Crippen molar-refractivity contribution in [3.05, 3.63) is 18.1 Å². The fourth-order valence-electron chi connectivity index (χ4n) is 3.74. The molecule has 6 heteroatoms. The van der Waals surface area contributed by atoms with Gasteiger partial charge in [0.15, 0.2) is 0 Å². The number of hydrogen-bond donors (Lipinski definition) is 1. The Morgan fingerprint density at radius 1 is 1.43 bits per heavy atom. The fourth-order valence-corrected chi connectivity index (χ4v) is 3.74. The second kappa shape index (κ2) is 6.83. The molecule has 0 unspecified atom stereocenters. The van der Waals surface area contributed by atoms with Gasteiger partial charge in [-0.1, -0.05) is 13.3 Å². The Labute approximate surface area is 136 Å². The minimum atomic E-state index is -0.648. The summed E-state index contributed by atoms with van der Waals surface area (Å²) < 4.78 is 5.44. The van der Waals surface area contributed by atoms with Crippen LogP contribution in [0.3, 0.4) is 0 Å². The second-order valence-corrected chi connectivity index (χ2v) is 6.68. The molecule has 2 aliphatic rings. The second-order valence-electron chi connectivity index (χ2n) is 6.68. The van der Waals surface area contributed by atoms with E-state index in [9.17, 15) is 9.90 Å². The molecule has 1 N–H and O–H groups in total. The smallest absolute Gasteiger partial charge is 0.309 e. The quantitative estimate of drug-likeness (QED) is 0.898. The molecular formula is C17H25N3O3. The van der Waals surface area contributed by atoms with Gasteiger partial charge < -0.3 is 14.7 Å². The van der Waals surface area contributed by atoms with Crippen molar-refractivity contribution in [3.8, 4) is 0 Å². The third-order valence-corrected chi connectivity index (χ3v) is 5.25. The summed E-state index contributed by atoms with van der Waals surface area (Å²) in [6.45, 7) is 5.06. The van der Waals surface area contributed by atoms with Crippen molar-refractivity contribution in [2.75, 3.05) is 31.2 Å². The lowest BCUT2D eigenvalue weighted by molar-refractivity contribution is -0.150. The van der Waals surface area contributed by atoms with Crippen molar-refractivity contribution < 1.29 is 14.6 Å². The van der Waals surface area contributed by atoms with Gasteiger partial charge in [0, 0.05) is 31.7 Å². The maximum Gasteiger partial charge on any atom is 0.309 e. The number of hydrogen-bond acceptors (Lipinski definition) is 5. The molecule has 0 radical (unpaired) electrons. The number of carboxylic acid groups (broad SMARTS) is 1. The van der Waals surface area contributed by atoms with Gasteiger partial charge in [-0.15, -0.1) is 0 Å². The molecule has 0 aliphatic carbocycles. The van der Waals surface area contributed by atoms with Crippen molar-refractivity contribution in [2.24, 2.45) is 5.41 Å². The molecule has 1 aromatic heterocycles. The normalized spacial score (nSPS) is 23.9. The third kappa shape index (κ3) is 3.32. The van der Waals surface area contributed by atoms with Crippen LogP contribution in [0.25, 0.3) is 0 Å². The Morgan fingerprint density at radius 2 is 2.22 bits per heavy atom. The van der Waals surface area contributed by atoms with Crippen LogP contribution < -0.4 is 4.90 Å². The molecule has 0 bridgehead atoms. The highest BCUT2D eigenvalue weighted by Crippen LogP contribution is 2.37. The molecule has 2 aliphatic heterocycles. The Balaban J connectivity index is 1.70. The average Bonchev–Trinajstić information content (AvgIpc) is 3.10. The predicted octanol–water partition coefficient (Wildman–Crippen LogP) is 2.45. The number of anilines is 1. The van der Waals surface area contributed by atoms with E-state index in [2.05, 4.69) is 21.8 Å². The largest absolute Gasteiger partial charge is 0.481 e. The molecule has 6 nitrogen and oxygen atoms in total. The van der Waals surface area contributed by atoms with Gasteiger partial charge in [0.25, 0.3) is 0 Å². The minimum Gasteiger partial charge on any atom is -0.481 e. The molecular weight excluding hydrogens is 294 g/mol. The van der Waals surface area contributed by atoms with Crippen LogP contribution in [0.15, 0.2) is 12.4 Å². The molecule has 1 aromatic rings. The van der Waals surface area contributed by atoms with Gasteiger partial charge in [0.1, 0.15) is 12.1 Å². The first kappa shape index (κ1) is 16.2. The van der Waals surface area contributed by atoms with Crippen molar-refractivity contribution in [1.82, 2.24) is 9.97 Å². The van der Waals surface area contributed by atoms with Gasteiger partial charge in [-0.3, -0.25) is 4.79 Å². The van der Waals surface area contributed by atoms with E-state index in [1.807, 2.05) is 6.07 Å². The van der Waals surface area contributed by atoms with Crippen LogP contribution in [-0.4, -0.2) is 47.3 Å². The SMILES string of the molecule is CCCC1(C(=O)O)CCN(c2cc([C@@H]3CCOC3)ncn2)CC1. The minimum absolute atomic E-state index is 0.361. The van der Waals surface area contributed by atoms with Crippen molar-refractivity contribution >= 4 is 11.8 Å². The summed E-state index contributed by atoms with van der Waals surface area (Å²) in [6.07, 6.45) is 5.66. The zero-order chi connectivity index (χ0) is 16.3. The van der Waals surface area contributed by atoms with E-state index in [0.29, 0.717) is 18.8 Å². The molecule has 1 atom stereocenters. The Hall–Kier alpha value is -1.69. The van der Waals surface area contributed by atoms with Crippen LogP contribution in [-0.2, 0) is 9.53 Å². The van der Waals surface area contributed by atoms with Gasteiger partial charge in [-0.25, -0.2) is 9.97 Å². The van der Waals surface area contributed by atoms with Crippen LogP contribution in [0.4, 0.5) is 5.82 Å². The average molecular weight is 319 g/mol. The summed E-state index contributed by atoms with van der Waals surface area (Å²) in [6, 6.07) is 2.05. The Bertz CT molecular complexity index is 550. The van der Waals surface area contributed by atoms with Crippen LogP contribution in [0.1, 0.15) is 50.6 Å². The van der Waals surface area contributed by atoms with Crippen molar-refractivity contribution in [1.29, 1.82) is 0 Å². The van der Waals surface area contributed by atoms with Crippen LogP contribution in [0.5, 0.6) is 0 Å². The number of rotatable bonds is 5. The van der Waals surface area contributed by atoms with E-state index in [4.69, 9.17) is 4.74 Å². The molecule has 126 valence electrons. The van der Waals surface area contributed by atoms with Gasteiger partial charge >= 0.3 is 5.97 Å². The maximum absolute atomic E-state index is 11.7. The highest BCUT2D eigenvalue weighted by molar-refractivity contribution is 5.75. The van der Waals surface area contributed by atoms with Crippen LogP contribution >= 0.6 is 0 Å². The van der Waals surface area contributed by atoms with E-state index < -0.39 is 11.4 Å². The summed E-state index contributed by atoms with van der Waals surface area (Å²) >= 11 is 0. The Kier molecular flexibility index (Phi) is 4.80. The number of aromatic nitrogens is 2. The molecule has 3 rings (SSSR count). The molecule has 3 heterocycles. The lowest BCUT2D eigenvalue weighted by Gasteiger charge is -2.39. The van der Waals surface area contributed by atoms with Crippen LogP contribution in [0.2, 0.25) is 0 Å². The number of carboxylic acids is 1. The first-order chi connectivity index (χ1) is 11.1. The van der Waals surface area contributed by atoms with E-state index in [1.54, 1.807) is 6.33 Å². The molecule has 0 spiro atoms. The van der Waals surface area contributed by atoms with Gasteiger partial charge in [0.05, 0.1) is 17.7 Å². The number of aliphatic carboxylic acids is 1. The summed E-state index contributed by atoms with van der Waals surface area (Å²) in [5.74, 6) is 0.627. The topological polar surface area (TPSA) is 75.5 Å². The molecule has 0 amide bonds. The maximum atomic E-state index is 11.7. The predicted molar refractivity (Wildman–Crippen MR) is 86.6 cm³/mol. The molecule has 23 heavy (non-hydrogen) atoms. The van der Waals surface area contributed by atoms with Crippen molar-refractivity contribution in [3.63, 3.8) is 0 Å². The standard InChI is InChI=1S/C17H25N3O3/c1-2-4-17(16(21)22)5-7-20(8-6-17)15-10-14(18-12-19-15)13-3-9-23-11-13/h10,12-13H,2-9,11H2,1H3,(H,21,22)/t13-/m1/s1. The first-order valence-corrected chi connectivity index (χ1v) is 8.53. The summed E-state index contributed by atoms with van der Waals surface area (Å²) in [5, 5.41) is 9.61. The number of carbonyl (C=O) groups is 1. The Morgan fingerprint density at radius 3 is 2.83 bits per heavy atom. The van der Waals surface area contributed by atoms with Crippen LogP contribution in [0, 0.1) is 5.41 Å². The lowest BCUT2D eigenvalue weighted by Crippen LogP contribution is -2.44. The fraction of sp³-hybridized carbons (Fsp3) is 0.706. The number of ether oxygens (including phenoxy) is 1. The van der Waals surface area contributed by atoms with E-state index in [0.717, 1.165) is 57.1 Å². The number of nitrogens with zero attached hydrogens (tertiary/aromatic N) is 3. The van der Waals surface area contributed by atoms with Gasteiger partial charge in [-0.2, -0.15) is 0 Å². The van der Waals surface area contributed by atoms with E-state index in [-0.39, 0.29) is 0 Å². The van der Waals surface area contributed by atoms with Crippen molar-refractivity contribution in [2.45, 2.75) is 44.9 Å². The highest BCUT2D eigenvalue weighted by Gasteiger charge is 2.40.